The van der Waals surface area contributed by atoms with Gasteiger partial charge in [-0.05, 0) is 31.9 Å². The van der Waals surface area contributed by atoms with E-state index in [9.17, 15) is 9.59 Å². The molecule has 2 aliphatic heterocycles. The maximum Gasteiger partial charge on any atom is 0.227 e. The molecule has 1 N–H and O–H groups in total. The molecule has 124 valence electrons. The lowest BCUT2D eigenvalue weighted by atomic mass is 10.0. The molecular weight excluding hydrogens is 294 g/mol. The Balaban J connectivity index is 1.49. The fourth-order valence-electron chi connectivity index (χ4n) is 3.33. The first-order valence-electron chi connectivity index (χ1n) is 8.28. The van der Waals surface area contributed by atoms with E-state index in [4.69, 9.17) is 0 Å². The predicted molar refractivity (Wildman–Crippen MR) is 85.6 cm³/mol. The number of hydrogen-bond donors (Lipinski definition) is 1. The molecule has 2 aliphatic rings. The van der Waals surface area contributed by atoms with Crippen LogP contribution in [0.2, 0.25) is 0 Å². The number of carbonyl (C=O) groups is 2. The number of aromatic nitrogens is 2. The quantitative estimate of drug-likeness (QED) is 0.886. The van der Waals surface area contributed by atoms with E-state index in [1.807, 2.05) is 24.0 Å². The van der Waals surface area contributed by atoms with Crippen molar-refractivity contribution in [1.29, 1.82) is 0 Å². The number of amides is 2. The molecule has 0 aromatic carbocycles. The van der Waals surface area contributed by atoms with Gasteiger partial charge in [-0.2, -0.15) is 5.10 Å². The Morgan fingerprint density at radius 3 is 2.78 bits per heavy atom. The smallest absolute Gasteiger partial charge is 0.227 e. The minimum absolute atomic E-state index is 0.102. The van der Waals surface area contributed by atoms with Gasteiger partial charge in [0.25, 0.3) is 0 Å². The summed E-state index contributed by atoms with van der Waals surface area (Å²) in [5.74, 6) is 0.849. The van der Waals surface area contributed by atoms with E-state index in [-0.39, 0.29) is 17.7 Å². The average molecular weight is 317 g/mol. The molecule has 7 heteroatoms. The highest BCUT2D eigenvalue weighted by Gasteiger charge is 2.36. The number of nitrogens with one attached hydrogen (secondary N) is 1. The summed E-state index contributed by atoms with van der Waals surface area (Å²) >= 11 is 0. The van der Waals surface area contributed by atoms with E-state index in [0.29, 0.717) is 25.6 Å². The minimum atomic E-state index is -0.160. The fourth-order valence-corrected chi connectivity index (χ4v) is 3.33. The lowest BCUT2D eigenvalue weighted by Crippen LogP contribution is -2.45. The molecule has 2 fully saturated rings. The van der Waals surface area contributed by atoms with Crippen molar-refractivity contribution < 1.29 is 9.59 Å². The van der Waals surface area contributed by atoms with Crippen molar-refractivity contribution in [3.63, 3.8) is 0 Å². The molecule has 7 nitrogen and oxygen atoms in total. The second-order valence-electron chi connectivity index (χ2n) is 6.19. The van der Waals surface area contributed by atoms with Crippen LogP contribution < -0.4 is 5.32 Å². The average Bonchev–Trinajstić information content (AvgIpc) is 2.97. The minimum Gasteiger partial charge on any atom is -0.366 e. The first-order chi connectivity index (χ1) is 11.2. The van der Waals surface area contributed by atoms with Crippen molar-refractivity contribution in [3.8, 4) is 0 Å². The number of nitrogens with zero attached hydrogens (tertiary/aromatic N) is 4. The molecule has 2 saturated heterocycles. The van der Waals surface area contributed by atoms with Crippen LogP contribution in [0.25, 0.3) is 0 Å². The largest absolute Gasteiger partial charge is 0.366 e. The highest BCUT2D eigenvalue weighted by Crippen LogP contribution is 2.22. The van der Waals surface area contributed by atoms with Crippen LogP contribution in [0.5, 0.6) is 0 Å². The van der Waals surface area contributed by atoms with Crippen LogP contribution in [0.4, 0.5) is 5.82 Å². The van der Waals surface area contributed by atoms with E-state index < -0.39 is 0 Å². The number of carbonyl (C=O) groups excluding carboxylic acids is 2. The monoisotopic (exact) mass is 317 g/mol. The first-order valence-corrected chi connectivity index (χ1v) is 8.28. The number of anilines is 1. The van der Waals surface area contributed by atoms with Crippen LogP contribution >= 0.6 is 0 Å². The van der Waals surface area contributed by atoms with E-state index in [1.54, 1.807) is 11.1 Å². The molecule has 3 rings (SSSR count). The number of hydrogen-bond acceptors (Lipinski definition) is 5. The van der Waals surface area contributed by atoms with E-state index >= 15 is 0 Å². The molecule has 23 heavy (non-hydrogen) atoms. The topological polar surface area (TPSA) is 78.4 Å². The van der Waals surface area contributed by atoms with Gasteiger partial charge in [0.05, 0.1) is 5.92 Å². The van der Waals surface area contributed by atoms with E-state index in [1.165, 1.54) is 0 Å². The Labute approximate surface area is 136 Å². The third-order valence-corrected chi connectivity index (χ3v) is 4.68. The molecule has 2 amide bonds. The van der Waals surface area contributed by atoms with Crippen molar-refractivity contribution in [2.24, 2.45) is 5.92 Å². The Kier molecular flexibility index (Phi) is 4.73. The zero-order valence-corrected chi connectivity index (χ0v) is 13.4. The third-order valence-electron chi connectivity index (χ3n) is 4.68. The maximum atomic E-state index is 12.6. The van der Waals surface area contributed by atoms with E-state index in [0.717, 1.165) is 31.7 Å². The molecule has 0 bridgehead atoms. The summed E-state index contributed by atoms with van der Waals surface area (Å²) in [6.07, 6.45) is 3.79. The van der Waals surface area contributed by atoms with Crippen molar-refractivity contribution >= 4 is 17.6 Å². The van der Waals surface area contributed by atoms with Crippen molar-refractivity contribution in [2.75, 3.05) is 31.5 Å². The van der Waals surface area contributed by atoms with Gasteiger partial charge in [0.15, 0.2) is 0 Å². The molecular formula is C16H23N5O2. The van der Waals surface area contributed by atoms with Gasteiger partial charge >= 0.3 is 0 Å². The summed E-state index contributed by atoms with van der Waals surface area (Å²) in [5, 5.41) is 11.2. The maximum absolute atomic E-state index is 12.6. The van der Waals surface area contributed by atoms with Crippen molar-refractivity contribution in [3.05, 3.63) is 18.3 Å². The Hall–Kier alpha value is -2.18. The molecule has 0 unspecified atom stereocenters. The molecule has 0 radical (unpaired) electrons. The van der Waals surface area contributed by atoms with E-state index in [2.05, 4.69) is 15.5 Å². The summed E-state index contributed by atoms with van der Waals surface area (Å²) in [7, 11) is 0. The summed E-state index contributed by atoms with van der Waals surface area (Å²) in [6, 6.07) is 4.06. The van der Waals surface area contributed by atoms with Gasteiger partial charge in [-0.15, -0.1) is 5.10 Å². The fraction of sp³-hybridized carbons (Fsp3) is 0.625. The first kappa shape index (κ1) is 15.7. The summed E-state index contributed by atoms with van der Waals surface area (Å²) < 4.78 is 0. The molecule has 1 atom stereocenters. The van der Waals surface area contributed by atoms with Crippen LogP contribution in [0.3, 0.4) is 0 Å². The second kappa shape index (κ2) is 6.93. The van der Waals surface area contributed by atoms with Gasteiger partial charge in [0.2, 0.25) is 11.8 Å². The Morgan fingerprint density at radius 2 is 2.17 bits per heavy atom. The number of rotatable bonds is 4. The van der Waals surface area contributed by atoms with Crippen LogP contribution in [0, 0.1) is 5.92 Å². The lowest BCUT2D eigenvalue weighted by molar-refractivity contribution is -0.136. The summed E-state index contributed by atoms with van der Waals surface area (Å²) in [6.45, 7) is 4.67. The predicted octanol–water partition coefficient (Wildman–Crippen LogP) is 0.748. The Morgan fingerprint density at radius 1 is 1.39 bits per heavy atom. The lowest BCUT2D eigenvalue weighted by Gasteiger charge is -2.34. The molecule has 3 heterocycles. The molecule has 1 aromatic rings. The zero-order valence-electron chi connectivity index (χ0n) is 13.4. The highest BCUT2D eigenvalue weighted by molar-refractivity contribution is 5.89. The normalized spacial score (nSPS) is 22.5. The molecule has 0 saturated carbocycles. The number of piperidine rings is 1. The third kappa shape index (κ3) is 3.60. The van der Waals surface area contributed by atoms with Gasteiger partial charge in [0.1, 0.15) is 5.82 Å². The molecule has 0 aliphatic carbocycles. The highest BCUT2D eigenvalue weighted by atomic mass is 16.2. The summed E-state index contributed by atoms with van der Waals surface area (Å²) in [4.78, 5) is 28.0. The Bertz CT molecular complexity index is 557. The van der Waals surface area contributed by atoms with Crippen molar-refractivity contribution in [1.82, 2.24) is 20.0 Å². The van der Waals surface area contributed by atoms with Gasteiger partial charge in [0, 0.05) is 44.8 Å². The SMILES string of the molecule is CCN1C[C@@H](C(=O)N2CCC(Nc3cccnn3)CC2)CC1=O. The van der Waals surface area contributed by atoms with Crippen molar-refractivity contribution in [2.45, 2.75) is 32.2 Å². The number of likely N-dealkylation sites (tertiary alicyclic amines) is 2. The van der Waals surface area contributed by atoms with Crippen LogP contribution in [-0.2, 0) is 9.59 Å². The van der Waals surface area contributed by atoms with Gasteiger partial charge in [-0.1, -0.05) is 0 Å². The second-order valence-corrected chi connectivity index (χ2v) is 6.19. The van der Waals surface area contributed by atoms with Gasteiger partial charge in [-0.25, -0.2) is 0 Å². The van der Waals surface area contributed by atoms with Gasteiger partial charge < -0.3 is 15.1 Å². The zero-order chi connectivity index (χ0) is 16.2. The molecule has 1 aromatic heterocycles. The van der Waals surface area contributed by atoms with Crippen LogP contribution in [0.15, 0.2) is 18.3 Å². The van der Waals surface area contributed by atoms with Crippen LogP contribution in [0.1, 0.15) is 26.2 Å². The standard InChI is InChI=1S/C16H23N5O2/c1-2-20-11-12(10-15(20)22)16(23)21-8-5-13(6-9-21)18-14-4-3-7-17-19-14/h3-4,7,12-13H,2,5-6,8-11H2,1H3,(H,18,19)/t12-/m0/s1. The summed E-state index contributed by atoms with van der Waals surface area (Å²) in [5.41, 5.74) is 0. The van der Waals surface area contributed by atoms with Crippen LogP contribution in [-0.4, -0.2) is 64.0 Å². The molecule has 0 spiro atoms. The van der Waals surface area contributed by atoms with Gasteiger partial charge in [-0.3, -0.25) is 9.59 Å².